The Bertz CT molecular complexity index is 640. The number of carbonyl (C=O) groups excluding carboxylic acids is 1. The van der Waals surface area contributed by atoms with Gasteiger partial charge < -0.3 is 20.3 Å². The maximum Gasteiger partial charge on any atom is 0.255 e. The summed E-state index contributed by atoms with van der Waals surface area (Å²) in [7, 11) is 1.60. The van der Waals surface area contributed by atoms with Crippen LogP contribution in [0.1, 0.15) is 15.9 Å². The molecule has 0 fully saturated rings. The van der Waals surface area contributed by atoms with Crippen LogP contribution in [-0.4, -0.2) is 29.8 Å². The Balaban J connectivity index is 1.97. The second kappa shape index (κ2) is 6.65. The number of methoxy groups -OCH3 is 1. The number of phenolic OH excluding ortho intramolecular Hbond substituents is 2. The first-order valence-electron chi connectivity index (χ1n) is 6.54. The second-order valence-corrected chi connectivity index (χ2v) is 4.52. The predicted molar refractivity (Wildman–Crippen MR) is 78.8 cm³/mol. The van der Waals surface area contributed by atoms with Crippen molar-refractivity contribution in [2.75, 3.05) is 13.7 Å². The molecule has 0 aliphatic heterocycles. The van der Waals surface area contributed by atoms with Crippen LogP contribution >= 0.6 is 0 Å². The van der Waals surface area contributed by atoms with Gasteiger partial charge in [-0.15, -0.1) is 0 Å². The maximum absolute atomic E-state index is 11.9. The summed E-state index contributed by atoms with van der Waals surface area (Å²) in [5.41, 5.74) is 1.04. The summed E-state index contributed by atoms with van der Waals surface area (Å²) in [4.78, 5) is 11.9. The Morgan fingerprint density at radius 3 is 2.71 bits per heavy atom. The normalized spacial score (nSPS) is 10.1. The molecule has 2 aromatic carbocycles. The van der Waals surface area contributed by atoms with E-state index < -0.39 is 5.91 Å². The van der Waals surface area contributed by atoms with Gasteiger partial charge in [-0.1, -0.05) is 18.2 Å². The van der Waals surface area contributed by atoms with Crippen LogP contribution in [0, 0.1) is 0 Å². The van der Waals surface area contributed by atoms with Gasteiger partial charge in [-0.25, -0.2) is 0 Å². The number of hydrogen-bond donors (Lipinski definition) is 3. The fourth-order valence-electron chi connectivity index (χ4n) is 2.02. The van der Waals surface area contributed by atoms with Gasteiger partial charge >= 0.3 is 0 Å². The van der Waals surface area contributed by atoms with Crippen molar-refractivity contribution in [3.8, 4) is 17.2 Å². The first-order chi connectivity index (χ1) is 10.1. The Morgan fingerprint density at radius 2 is 1.95 bits per heavy atom. The summed E-state index contributed by atoms with van der Waals surface area (Å²) in [5, 5.41) is 21.7. The van der Waals surface area contributed by atoms with Gasteiger partial charge in [-0.05, 0) is 36.2 Å². The molecule has 0 unspecified atom stereocenters. The summed E-state index contributed by atoms with van der Waals surface area (Å²) < 4.78 is 5.24. The number of hydrogen-bond acceptors (Lipinski definition) is 4. The number of para-hydroxylation sites is 1. The molecule has 21 heavy (non-hydrogen) atoms. The third-order valence-electron chi connectivity index (χ3n) is 3.10. The van der Waals surface area contributed by atoms with Crippen LogP contribution in [0.5, 0.6) is 17.2 Å². The molecule has 1 amide bonds. The number of ether oxygens (including phenoxy) is 1. The minimum absolute atomic E-state index is 0.0510. The van der Waals surface area contributed by atoms with E-state index in [0.717, 1.165) is 11.3 Å². The summed E-state index contributed by atoms with van der Waals surface area (Å²) >= 11 is 0. The lowest BCUT2D eigenvalue weighted by Gasteiger charge is -2.10. The highest BCUT2D eigenvalue weighted by molar-refractivity contribution is 5.97. The van der Waals surface area contributed by atoms with E-state index in [2.05, 4.69) is 5.32 Å². The molecule has 2 aromatic rings. The van der Waals surface area contributed by atoms with Crippen molar-refractivity contribution in [3.05, 3.63) is 53.6 Å². The quantitative estimate of drug-likeness (QED) is 0.736. The van der Waals surface area contributed by atoms with Crippen LogP contribution in [0.3, 0.4) is 0 Å². The Labute approximate surface area is 122 Å². The molecule has 0 aliphatic rings. The summed E-state index contributed by atoms with van der Waals surface area (Å²) in [6.07, 6.45) is 0.606. The zero-order chi connectivity index (χ0) is 15.2. The average Bonchev–Trinajstić information content (AvgIpc) is 2.50. The molecule has 0 aliphatic carbocycles. The Hall–Kier alpha value is -2.69. The fourth-order valence-corrected chi connectivity index (χ4v) is 2.02. The molecular weight excluding hydrogens is 270 g/mol. The predicted octanol–water partition coefficient (Wildman–Crippen LogP) is 2.08. The zero-order valence-electron chi connectivity index (χ0n) is 11.7. The lowest BCUT2D eigenvalue weighted by Crippen LogP contribution is -2.25. The smallest absolute Gasteiger partial charge is 0.255 e. The van der Waals surface area contributed by atoms with Gasteiger partial charge in [0, 0.05) is 6.54 Å². The summed E-state index contributed by atoms with van der Waals surface area (Å²) in [6.45, 7) is 0.397. The highest BCUT2D eigenvalue weighted by Crippen LogP contribution is 2.22. The number of phenols is 2. The molecule has 3 N–H and O–H groups in total. The number of carbonyl (C=O) groups is 1. The van der Waals surface area contributed by atoms with Crippen LogP contribution in [0.25, 0.3) is 0 Å². The highest BCUT2D eigenvalue weighted by Gasteiger charge is 2.11. The third-order valence-corrected chi connectivity index (χ3v) is 3.10. The molecule has 110 valence electrons. The van der Waals surface area contributed by atoms with Gasteiger partial charge in [0.25, 0.3) is 5.91 Å². The molecule has 0 aromatic heterocycles. The molecule has 5 nitrogen and oxygen atoms in total. The molecule has 0 bridgehead atoms. The number of amides is 1. The molecule has 0 saturated heterocycles. The SMILES string of the molecule is COc1ccccc1CCNC(=O)c1cc(O)ccc1O. The molecule has 0 radical (unpaired) electrons. The highest BCUT2D eigenvalue weighted by atomic mass is 16.5. The standard InChI is InChI=1S/C16H17NO4/c1-21-15-5-3-2-4-11(15)8-9-17-16(20)13-10-12(18)6-7-14(13)19/h2-7,10,18-19H,8-9H2,1H3,(H,17,20). The number of rotatable bonds is 5. The van der Waals surface area contributed by atoms with E-state index in [1.807, 2.05) is 24.3 Å². The minimum Gasteiger partial charge on any atom is -0.508 e. The van der Waals surface area contributed by atoms with Crippen molar-refractivity contribution in [3.63, 3.8) is 0 Å². The number of benzene rings is 2. The second-order valence-electron chi connectivity index (χ2n) is 4.52. The van der Waals surface area contributed by atoms with Gasteiger partial charge in [0.15, 0.2) is 0 Å². The van der Waals surface area contributed by atoms with Crippen LogP contribution in [-0.2, 0) is 6.42 Å². The van der Waals surface area contributed by atoms with E-state index in [1.165, 1.54) is 18.2 Å². The molecule has 0 saturated carbocycles. The summed E-state index contributed by atoms with van der Waals surface area (Å²) in [5.74, 6) is 0.107. The van der Waals surface area contributed by atoms with Crippen LogP contribution in [0.4, 0.5) is 0 Å². The minimum atomic E-state index is -0.432. The first-order valence-corrected chi connectivity index (χ1v) is 6.54. The Morgan fingerprint density at radius 1 is 1.19 bits per heavy atom. The van der Waals surface area contributed by atoms with Gasteiger partial charge in [-0.3, -0.25) is 4.79 Å². The Kier molecular flexibility index (Phi) is 4.66. The van der Waals surface area contributed by atoms with Crippen molar-refractivity contribution in [2.45, 2.75) is 6.42 Å². The third kappa shape index (κ3) is 3.66. The molecular formula is C16H17NO4. The monoisotopic (exact) mass is 287 g/mol. The average molecular weight is 287 g/mol. The van der Waals surface area contributed by atoms with Crippen LogP contribution < -0.4 is 10.1 Å². The largest absolute Gasteiger partial charge is 0.508 e. The first kappa shape index (κ1) is 14.7. The van der Waals surface area contributed by atoms with Gasteiger partial charge in [0.2, 0.25) is 0 Å². The fraction of sp³-hybridized carbons (Fsp3) is 0.188. The topological polar surface area (TPSA) is 78.8 Å². The molecule has 2 rings (SSSR count). The van der Waals surface area contributed by atoms with Gasteiger partial charge in [-0.2, -0.15) is 0 Å². The van der Waals surface area contributed by atoms with E-state index in [9.17, 15) is 15.0 Å². The van der Waals surface area contributed by atoms with Crippen molar-refractivity contribution >= 4 is 5.91 Å². The maximum atomic E-state index is 11.9. The van der Waals surface area contributed by atoms with E-state index in [0.29, 0.717) is 13.0 Å². The van der Waals surface area contributed by atoms with Crippen molar-refractivity contribution < 1.29 is 19.7 Å². The van der Waals surface area contributed by atoms with E-state index in [4.69, 9.17) is 4.74 Å². The van der Waals surface area contributed by atoms with Crippen LogP contribution in [0.15, 0.2) is 42.5 Å². The lowest BCUT2D eigenvalue weighted by atomic mass is 10.1. The van der Waals surface area contributed by atoms with E-state index in [-0.39, 0.29) is 17.1 Å². The van der Waals surface area contributed by atoms with Crippen LogP contribution in [0.2, 0.25) is 0 Å². The lowest BCUT2D eigenvalue weighted by molar-refractivity contribution is 0.0951. The van der Waals surface area contributed by atoms with Crippen molar-refractivity contribution in [2.24, 2.45) is 0 Å². The molecule has 0 spiro atoms. The zero-order valence-corrected chi connectivity index (χ0v) is 11.7. The number of aromatic hydroxyl groups is 2. The molecule has 5 heteroatoms. The van der Waals surface area contributed by atoms with Crippen molar-refractivity contribution in [1.29, 1.82) is 0 Å². The van der Waals surface area contributed by atoms with Crippen molar-refractivity contribution in [1.82, 2.24) is 5.32 Å². The van der Waals surface area contributed by atoms with Gasteiger partial charge in [0.1, 0.15) is 17.2 Å². The molecule has 0 atom stereocenters. The number of nitrogens with one attached hydrogen (secondary N) is 1. The van der Waals surface area contributed by atoms with E-state index in [1.54, 1.807) is 7.11 Å². The van der Waals surface area contributed by atoms with Gasteiger partial charge in [0.05, 0.1) is 12.7 Å². The van der Waals surface area contributed by atoms with E-state index >= 15 is 0 Å². The molecule has 0 heterocycles. The summed E-state index contributed by atoms with van der Waals surface area (Å²) in [6, 6.07) is 11.4.